The molecule has 3 aromatic carbocycles. The summed E-state index contributed by atoms with van der Waals surface area (Å²) in [7, 11) is 0. The molecule has 0 bridgehead atoms. The number of ketones is 1. The molecule has 5 rings (SSSR count). The van der Waals surface area contributed by atoms with Gasteiger partial charge >= 0.3 is 0 Å². The molecule has 4 nitrogen and oxygen atoms in total. The van der Waals surface area contributed by atoms with E-state index in [0.29, 0.717) is 12.0 Å². The number of nitrogens with zero attached hydrogens (tertiary/aromatic N) is 1. The van der Waals surface area contributed by atoms with Crippen LogP contribution in [-0.4, -0.2) is 10.7 Å². The minimum Gasteiger partial charge on any atom is -0.293 e. The second-order valence-electron chi connectivity index (χ2n) is 7.95. The van der Waals surface area contributed by atoms with E-state index in [2.05, 4.69) is 30.3 Å². The van der Waals surface area contributed by atoms with Gasteiger partial charge in [0, 0.05) is 17.7 Å². The largest absolute Gasteiger partial charge is 0.293 e. The van der Waals surface area contributed by atoms with Crippen molar-refractivity contribution in [3.63, 3.8) is 0 Å². The van der Waals surface area contributed by atoms with Crippen LogP contribution >= 0.6 is 0 Å². The Balaban J connectivity index is 1.65. The highest BCUT2D eigenvalue weighted by molar-refractivity contribution is 6.03. The molecule has 1 atom stereocenters. The molecule has 0 spiro atoms. The summed E-state index contributed by atoms with van der Waals surface area (Å²) in [5.74, 6) is -0.191. The Labute approximate surface area is 169 Å². The minimum absolute atomic E-state index is 0.00770. The third kappa shape index (κ3) is 2.96. The van der Waals surface area contributed by atoms with Gasteiger partial charge in [-0.15, -0.1) is 0 Å². The molecule has 0 aromatic heterocycles. The zero-order valence-electron chi connectivity index (χ0n) is 16.1. The van der Waals surface area contributed by atoms with Crippen LogP contribution in [-0.2, 0) is 19.3 Å². The first-order chi connectivity index (χ1) is 14.1. The summed E-state index contributed by atoms with van der Waals surface area (Å²) in [5.41, 5.74) is 8.05. The lowest BCUT2D eigenvalue weighted by molar-refractivity contribution is -0.384. The predicted octanol–water partition coefficient (Wildman–Crippen LogP) is 5.66. The van der Waals surface area contributed by atoms with Crippen molar-refractivity contribution in [2.45, 2.75) is 38.0 Å². The number of aryl methyl sites for hydroxylation is 1. The zero-order valence-corrected chi connectivity index (χ0v) is 16.1. The van der Waals surface area contributed by atoms with Crippen molar-refractivity contribution in [3.8, 4) is 11.1 Å². The average Bonchev–Trinajstić information content (AvgIpc) is 2.77. The molecule has 0 heterocycles. The van der Waals surface area contributed by atoms with Crippen molar-refractivity contribution in [1.29, 1.82) is 0 Å². The second-order valence-corrected chi connectivity index (χ2v) is 7.95. The number of hydrogen-bond donors (Lipinski definition) is 0. The molecule has 0 N–H and O–H groups in total. The Morgan fingerprint density at radius 2 is 1.62 bits per heavy atom. The Bertz CT molecular complexity index is 1130. The first-order valence-electron chi connectivity index (χ1n) is 10.1. The number of non-ortho nitro benzene ring substituents is 1. The van der Waals surface area contributed by atoms with Crippen LogP contribution in [0.25, 0.3) is 11.1 Å². The van der Waals surface area contributed by atoms with Crippen LogP contribution in [0.2, 0.25) is 0 Å². The van der Waals surface area contributed by atoms with Gasteiger partial charge in [0.15, 0.2) is 5.78 Å². The molecular weight excluding hydrogens is 362 g/mol. The van der Waals surface area contributed by atoms with Gasteiger partial charge in [0.1, 0.15) is 0 Å². The Morgan fingerprint density at radius 1 is 0.862 bits per heavy atom. The molecule has 3 aromatic rings. The Morgan fingerprint density at radius 3 is 2.41 bits per heavy atom. The van der Waals surface area contributed by atoms with Crippen LogP contribution in [0.3, 0.4) is 0 Å². The van der Waals surface area contributed by atoms with Crippen LogP contribution in [0.5, 0.6) is 0 Å². The predicted molar refractivity (Wildman–Crippen MR) is 112 cm³/mol. The van der Waals surface area contributed by atoms with Crippen molar-refractivity contribution in [1.82, 2.24) is 0 Å². The second kappa shape index (κ2) is 6.96. The fourth-order valence-electron chi connectivity index (χ4n) is 4.94. The quantitative estimate of drug-likeness (QED) is 0.333. The van der Waals surface area contributed by atoms with Gasteiger partial charge in [-0.3, -0.25) is 14.9 Å². The maximum absolute atomic E-state index is 13.6. The summed E-state index contributed by atoms with van der Waals surface area (Å²) in [6, 6.07) is 18.8. The van der Waals surface area contributed by atoms with Gasteiger partial charge < -0.3 is 0 Å². The molecule has 29 heavy (non-hydrogen) atoms. The van der Waals surface area contributed by atoms with Crippen molar-refractivity contribution >= 4 is 11.5 Å². The molecule has 1 unspecified atom stereocenters. The Kier molecular flexibility index (Phi) is 4.27. The maximum Gasteiger partial charge on any atom is 0.269 e. The van der Waals surface area contributed by atoms with Gasteiger partial charge in [0.25, 0.3) is 5.69 Å². The molecular formula is C25H21NO3. The summed E-state index contributed by atoms with van der Waals surface area (Å²) < 4.78 is 0. The fraction of sp³-hybridized carbons (Fsp3) is 0.240. The summed E-state index contributed by atoms with van der Waals surface area (Å²) in [6.45, 7) is 0. The number of fused-ring (bicyclic) bond motifs is 5. The van der Waals surface area contributed by atoms with Gasteiger partial charge in [-0.05, 0) is 77.6 Å². The first-order valence-corrected chi connectivity index (χ1v) is 10.1. The van der Waals surface area contributed by atoms with Crippen LogP contribution in [0.1, 0.15) is 51.4 Å². The lowest BCUT2D eigenvalue weighted by atomic mass is 9.71. The normalized spacial score (nSPS) is 17.0. The van der Waals surface area contributed by atoms with Crippen molar-refractivity contribution in [2.75, 3.05) is 0 Å². The van der Waals surface area contributed by atoms with E-state index in [0.717, 1.165) is 19.3 Å². The molecule has 2 aliphatic carbocycles. The highest BCUT2D eigenvalue weighted by atomic mass is 16.6. The molecule has 2 aliphatic rings. The first kappa shape index (κ1) is 17.8. The molecule has 4 heteroatoms. The standard InChI is InChI=1S/C25H21NO3/c27-25(17-9-12-19(13-10-17)26(28)29)23-15-18-6-2-3-7-20(18)22-14-11-16-5-1-4-8-21(16)24(22)23/h2-3,6-7,9-14,23H,1,4-5,8,15H2. The van der Waals surface area contributed by atoms with Crippen molar-refractivity contribution < 1.29 is 9.72 Å². The van der Waals surface area contributed by atoms with Crippen molar-refractivity contribution in [2.24, 2.45) is 0 Å². The number of carbonyl (C=O) groups excluding carboxylic acids is 1. The van der Waals surface area contributed by atoms with E-state index in [-0.39, 0.29) is 17.4 Å². The van der Waals surface area contributed by atoms with Crippen molar-refractivity contribution in [3.05, 3.63) is 98.6 Å². The van der Waals surface area contributed by atoms with Crippen LogP contribution < -0.4 is 0 Å². The third-order valence-electron chi connectivity index (χ3n) is 6.34. The highest BCUT2D eigenvalue weighted by Gasteiger charge is 2.33. The van der Waals surface area contributed by atoms with Gasteiger partial charge in [0.2, 0.25) is 0 Å². The maximum atomic E-state index is 13.6. The van der Waals surface area contributed by atoms with E-state index >= 15 is 0 Å². The van der Waals surface area contributed by atoms with E-state index in [1.54, 1.807) is 12.1 Å². The van der Waals surface area contributed by atoms with Crippen LogP contribution in [0, 0.1) is 10.1 Å². The molecule has 144 valence electrons. The summed E-state index contributed by atoms with van der Waals surface area (Å²) >= 11 is 0. The number of rotatable bonds is 3. The van der Waals surface area contributed by atoms with E-state index in [1.165, 1.54) is 51.9 Å². The summed E-state index contributed by atoms with van der Waals surface area (Å²) in [5, 5.41) is 11.0. The lowest BCUT2D eigenvalue weighted by Gasteiger charge is -2.32. The van der Waals surface area contributed by atoms with Crippen LogP contribution in [0.4, 0.5) is 5.69 Å². The monoisotopic (exact) mass is 383 g/mol. The molecule has 0 saturated heterocycles. The van der Waals surface area contributed by atoms with E-state index in [9.17, 15) is 14.9 Å². The van der Waals surface area contributed by atoms with E-state index < -0.39 is 4.92 Å². The average molecular weight is 383 g/mol. The molecule has 0 radical (unpaired) electrons. The SMILES string of the molecule is O=C(c1ccc([N+](=O)[O-])cc1)C1Cc2ccccc2-c2ccc3c(c21)CCCC3. The number of nitro groups is 1. The molecule has 0 fully saturated rings. The Hall–Kier alpha value is -3.27. The number of hydrogen-bond acceptors (Lipinski definition) is 3. The highest BCUT2D eigenvalue weighted by Crippen LogP contribution is 2.45. The molecule has 0 aliphatic heterocycles. The topological polar surface area (TPSA) is 60.2 Å². The van der Waals surface area contributed by atoms with Crippen LogP contribution in [0.15, 0.2) is 60.7 Å². The summed E-state index contributed by atoms with van der Waals surface area (Å²) in [6.07, 6.45) is 5.12. The van der Waals surface area contributed by atoms with Gasteiger partial charge in [0.05, 0.1) is 10.8 Å². The molecule has 0 amide bonds. The fourth-order valence-corrected chi connectivity index (χ4v) is 4.94. The van der Waals surface area contributed by atoms with Gasteiger partial charge in [-0.25, -0.2) is 0 Å². The third-order valence-corrected chi connectivity index (χ3v) is 6.34. The number of nitro benzene ring substituents is 1. The van der Waals surface area contributed by atoms with E-state index in [1.807, 2.05) is 6.07 Å². The van der Waals surface area contributed by atoms with Gasteiger partial charge in [-0.1, -0.05) is 36.4 Å². The zero-order chi connectivity index (χ0) is 20.0. The number of carbonyl (C=O) groups is 1. The minimum atomic E-state index is -0.434. The number of Topliss-reactive ketones (excluding diaryl/α,β-unsaturated/α-hetero) is 1. The number of benzene rings is 3. The van der Waals surface area contributed by atoms with Gasteiger partial charge in [-0.2, -0.15) is 0 Å². The molecule has 0 saturated carbocycles. The smallest absolute Gasteiger partial charge is 0.269 e. The lowest BCUT2D eigenvalue weighted by Crippen LogP contribution is -2.23. The van der Waals surface area contributed by atoms with E-state index in [4.69, 9.17) is 0 Å². The summed E-state index contributed by atoms with van der Waals surface area (Å²) in [4.78, 5) is 24.1.